The molecule has 14 heteroatoms. The highest BCUT2D eigenvalue weighted by Gasteiger charge is 2.28. The van der Waals surface area contributed by atoms with Gasteiger partial charge >= 0.3 is 17.8 Å². The molecule has 0 heterocycles. The lowest BCUT2D eigenvalue weighted by atomic mass is 10.1. The number of aryl methyl sites for hydroxylation is 1. The van der Waals surface area contributed by atoms with E-state index in [4.69, 9.17) is 5.11 Å². The van der Waals surface area contributed by atoms with E-state index < -0.39 is 90.0 Å². The van der Waals surface area contributed by atoms with E-state index in [1.807, 2.05) is 0 Å². The van der Waals surface area contributed by atoms with Crippen molar-refractivity contribution in [2.24, 2.45) is 0 Å². The zero-order valence-corrected chi connectivity index (χ0v) is 20.1. The summed E-state index contributed by atoms with van der Waals surface area (Å²) in [6.45, 7) is 1.67. The largest absolute Gasteiger partial charge is 0.481 e. The Balaban J connectivity index is 2.04. The number of para-hydroxylation sites is 1. The van der Waals surface area contributed by atoms with Gasteiger partial charge in [-0.3, -0.25) is 24.0 Å². The predicted octanol–water partition coefficient (Wildman–Crippen LogP) is 1.99. The van der Waals surface area contributed by atoms with Crippen LogP contribution in [0, 0.1) is 30.2 Å². The summed E-state index contributed by atoms with van der Waals surface area (Å²) in [4.78, 5) is 60.3. The topological polar surface area (TPSA) is 151 Å². The fourth-order valence-electron chi connectivity index (χ4n) is 3.02. The number of amides is 3. The number of benzene rings is 2. The van der Waals surface area contributed by atoms with Gasteiger partial charge in [0.1, 0.15) is 12.6 Å². The molecule has 0 saturated carbocycles. The standard InChI is InChI=1S/C24H23F4N3O7/c1-11-5-3-4-6-15(11)30-24(37)23(36)29-12(2)22(35)31-16(7-8-18(33)34)17(32)10-38-21-19(27)13(25)9-14(26)20(21)28/h3-6,9,12,16H,7-8,10H2,1-2H3,(H,29,36)(H,30,37)(H,31,35)(H,33,34). The van der Waals surface area contributed by atoms with Gasteiger partial charge in [-0.1, -0.05) is 18.2 Å². The first kappa shape index (κ1) is 29.7. The molecule has 0 aromatic heterocycles. The highest BCUT2D eigenvalue weighted by atomic mass is 19.2. The van der Waals surface area contributed by atoms with Gasteiger partial charge < -0.3 is 25.8 Å². The minimum atomic E-state index is -1.90. The minimum Gasteiger partial charge on any atom is -0.481 e. The molecule has 0 aliphatic heterocycles. The van der Waals surface area contributed by atoms with E-state index in [1.165, 1.54) is 6.92 Å². The number of carbonyl (C=O) groups excluding carboxylic acids is 4. The van der Waals surface area contributed by atoms with Crippen LogP contribution in [0.2, 0.25) is 0 Å². The third kappa shape index (κ3) is 8.01. The Morgan fingerprint density at radius 1 is 0.947 bits per heavy atom. The molecular formula is C24H23F4N3O7. The van der Waals surface area contributed by atoms with E-state index in [0.717, 1.165) is 0 Å². The molecule has 204 valence electrons. The average molecular weight is 541 g/mol. The normalized spacial score (nSPS) is 12.2. The molecule has 0 saturated heterocycles. The molecule has 0 bridgehead atoms. The maximum atomic E-state index is 13.8. The molecule has 38 heavy (non-hydrogen) atoms. The quantitative estimate of drug-likeness (QED) is 0.193. The van der Waals surface area contributed by atoms with E-state index >= 15 is 0 Å². The lowest BCUT2D eigenvalue weighted by Gasteiger charge is -2.20. The molecular weight excluding hydrogens is 518 g/mol. The van der Waals surface area contributed by atoms with Gasteiger partial charge in [-0.15, -0.1) is 0 Å². The third-order valence-corrected chi connectivity index (χ3v) is 5.12. The number of nitrogens with one attached hydrogen (secondary N) is 3. The van der Waals surface area contributed by atoms with Crippen LogP contribution in [0.25, 0.3) is 0 Å². The molecule has 0 spiro atoms. The molecule has 0 fully saturated rings. The minimum absolute atomic E-state index is 0.0633. The maximum absolute atomic E-state index is 13.8. The lowest BCUT2D eigenvalue weighted by Crippen LogP contribution is -2.52. The number of carboxylic acid groups (broad SMARTS) is 1. The zero-order valence-electron chi connectivity index (χ0n) is 20.1. The van der Waals surface area contributed by atoms with Crippen LogP contribution in [0.1, 0.15) is 25.3 Å². The monoisotopic (exact) mass is 541 g/mol. The second kappa shape index (κ2) is 13.2. The predicted molar refractivity (Wildman–Crippen MR) is 123 cm³/mol. The van der Waals surface area contributed by atoms with Crippen molar-refractivity contribution < 1.29 is 51.4 Å². The molecule has 0 aliphatic carbocycles. The molecule has 4 N–H and O–H groups in total. The average Bonchev–Trinajstić information content (AvgIpc) is 2.86. The molecule has 10 nitrogen and oxygen atoms in total. The van der Waals surface area contributed by atoms with Crippen LogP contribution >= 0.6 is 0 Å². The van der Waals surface area contributed by atoms with Gasteiger partial charge in [-0.2, -0.15) is 8.78 Å². The Morgan fingerprint density at radius 2 is 1.55 bits per heavy atom. The van der Waals surface area contributed by atoms with Crippen molar-refractivity contribution in [3.63, 3.8) is 0 Å². The van der Waals surface area contributed by atoms with Crippen LogP contribution in [0.15, 0.2) is 30.3 Å². The van der Waals surface area contributed by atoms with Gasteiger partial charge in [0, 0.05) is 18.2 Å². The Bertz CT molecular complexity index is 1230. The van der Waals surface area contributed by atoms with Crippen molar-refractivity contribution in [3.05, 3.63) is 59.2 Å². The van der Waals surface area contributed by atoms with Crippen molar-refractivity contribution in [1.29, 1.82) is 0 Å². The van der Waals surface area contributed by atoms with E-state index in [1.54, 1.807) is 31.2 Å². The summed E-state index contributed by atoms with van der Waals surface area (Å²) in [5.74, 6) is -14.6. The Hall–Kier alpha value is -4.49. The number of ketones is 1. The molecule has 2 aromatic rings. The molecule has 2 aromatic carbocycles. The fourth-order valence-corrected chi connectivity index (χ4v) is 3.02. The summed E-state index contributed by atoms with van der Waals surface area (Å²) >= 11 is 0. The smallest absolute Gasteiger partial charge is 0.313 e. The Morgan fingerprint density at radius 3 is 2.13 bits per heavy atom. The van der Waals surface area contributed by atoms with Crippen molar-refractivity contribution in [2.45, 2.75) is 38.8 Å². The van der Waals surface area contributed by atoms with Crippen molar-refractivity contribution in [1.82, 2.24) is 10.6 Å². The van der Waals surface area contributed by atoms with Gasteiger partial charge in [0.05, 0.1) is 6.04 Å². The SMILES string of the molecule is Cc1ccccc1NC(=O)C(=O)NC(C)C(=O)NC(CCC(=O)O)C(=O)COc1c(F)c(F)cc(F)c1F. The second-order valence-corrected chi connectivity index (χ2v) is 8.01. The maximum Gasteiger partial charge on any atom is 0.313 e. The molecule has 3 amide bonds. The summed E-state index contributed by atoms with van der Waals surface area (Å²) in [5, 5.41) is 15.5. The van der Waals surface area contributed by atoms with E-state index in [-0.39, 0.29) is 6.07 Å². The number of hydrogen-bond donors (Lipinski definition) is 4. The van der Waals surface area contributed by atoms with Gasteiger partial charge in [-0.25, -0.2) is 8.78 Å². The number of carbonyl (C=O) groups is 5. The first-order valence-electron chi connectivity index (χ1n) is 11.0. The van der Waals surface area contributed by atoms with Crippen LogP contribution in [0.3, 0.4) is 0 Å². The lowest BCUT2D eigenvalue weighted by molar-refractivity contribution is -0.139. The number of hydrogen-bond acceptors (Lipinski definition) is 6. The highest BCUT2D eigenvalue weighted by molar-refractivity contribution is 6.40. The van der Waals surface area contributed by atoms with Gasteiger partial charge in [0.2, 0.25) is 17.5 Å². The van der Waals surface area contributed by atoms with Crippen molar-refractivity contribution in [3.8, 4) is 5.75 Å². The third-order valence-electron chi connectivity index (χ3n) is 5.12. The number of carboxylic acids is 1. The summed E-state index contributed by atoms with van der Waals surface area (Å²) in [7, 11) is 0. The molecule has 0 aliphatic rings. The van der Waals surface area contributed by atoms with E-state index in [9.17, 15) is 41.5 Å². The summed E-state index contributed by atoms with van der Waals surface area (Å²) in [6.07, 6.45) is -1.13. The number of ether oxygens (including phenoxy) is 1. The fraction of sp³-hybridized carbons (Fsp3) is 0.292. The zero-order chi connectivity index (χ0) is 28.6. The summed E-state index contributed by atoms with van der Waals surface area (Å²) in [5.41, 5.74) is 1.03. The number of halogens is 4. The highest BCUT2D eigenvalue weighted by Crippen LogP contribution is 2.26. The Kier molecular flexibility index (Phi) is 10.3. The number of rotatable bonds is 11. The van der Waals surface area contributed by atoms with Crippen molar-refractivity contribution in [2.75, 3.05) is 11.9 Å². The molecule has 2 atom stereocenters. The molecule has 2 rings (SSSR count). The molecule has 0 radical (unpaired) electrons. The summed E-state index contributed by atoms with van der Waals surface area (Å²) in [6, 6.07) is 3.53. The molecule has 2 unspecified atom stereocenters. The van der Waals surface area contributed by atoms with Gasteiger partial charge in [0.15, 0.2) is 23.2 Å². The van der Waals surface area contributed by atoms with Crippen LogP contribution in [0.4, 0.5) is 23.2 Å². The Labute approximate surface area is 213 Å². The number of Topliss-reactive ketones (excluding diaryl/α,β-unsaturated/α-hetero) is 1. The van der Waals surface area contributed by atoms with Crippen LogP contribution in [0.5, 0.6) is 5.75 Å². The van der Waals surface area contributed by atoms with Crippen LogP contribution < -0.4 is 20.7 Å². The first-order chi connectivity index (χ1) is 17.8. The number of anilines is 1. The van der Waals surface area contributed by atoms with Crippen LogP contribution in [-0.4, -0.2) is 53.3 Å². The second-order valence-electron chi connectivity index (χ2n) is 8.01. The van der Waals surface area contributed by atoms with Gasteiger partial charge in [-0.05, 0) is 31.9 Å². The van der Waals surface area contributed by atoms with Crippen LogP contribution in [-0.2, 0) is 24.0 Å². The first-order valence-corrected chi connectivity index (χ1v) is 11.0. The van der Waals surface area contributed by atoms with E-state index in [2.05, 4.69) is 20.7 Å². The van der Waals surface area contributed by atoms with Gasteiger partial charge in [0.25, 0.3) is 0 Å². The van der Waals surface area contributed by atoms with E-state index in [0.29, 0.717) is 11.3 Å². The van der Waals surface area contributed by atoms with Crippen molar-refractivity contribution >= 4 is 35.2 Å². The number of aliphatic carboxylic acids is 1. The summed E-state index contributed by atoms with van der Waals surface area (Å²) < 4.78 is 58.8.